The molecule has 3 rings (SSSR count). The van der Waals surface area contributed by atoms with Crippen LogP contribution in [-0.4, -0.2) is 11.3 Å². The van der Waals surface area contributed by atoms with E-state index in [-0.39, 0.29) is 0 Å². The number of thioether (sulfide) groups is 1. The number of allylic oxidation sites excluding steroid dienone is 1. The molecule has 0 radical (unpaired) electrons. The third-order valence-electron chi connectivity index (χ3n) is 4.40. The summed E-state index contributed by atoms with van der Waals surface area (Å²) < 4.78 is 0. The first kappa shape index (κ1) is 20.6. The van der Waals surface area contributed by atoms with E-state index in [9.17, 15) is 4.79 Å². The number of H-pyrrole nitrogens is 1. The topological polar surface area (TPSA) is 58.9 Å². The largest absolute Gasteiger partial charge is 0.398 e. The van der Waals surface area contributed by atoms with Crippen LogP contribution >= 0.6 is 35.0 Å². The summed E-state index contributed by atoms with van der Waals surface area (Å²) in [6, 6.07) is 13.2. The maximum atomic E-state index is 11.8. The van der Waals surface area contributed by atoms with Crippen LogP contribution in [0.5, 0.6) is 0 Å². The monoisotopic (exact) mass is 430 g/mol. The van der Waals surface area contributed by atoms with Gasteiger partial charge in [-0.3, -0.25) is 4.79 Å². The zero-order valence-electron chi connectivity index (χ0n) is 15.6. The van der Waals surface area contributed by atoms with Gasteiger partial charge in [0.1, 0.15) is 0 Å². The Bertz CT molecular complexity index is 1040. The smallest absolute Gasteiger partial charge is 0.150 e. The molecule has 0 atom stereocenters. The van der Waals surface area contributed by atoms with Crippen molar-refractivity contribution in [3.05, 3.63) is 80.6 Å². The minimum atomic E-state index is 0.528. The number of hydrogen-bond donors (Lipinski definition) is 2. The summed E-state index contributed by atoms with van der Waals surface area (Å²) in [5, 5.41) is 1.28. The van der Waals surface area contributed by atoms with Crippen LogP contribution in [0.2, 0.25) is 10.0 Å². The third kappa shape index (κ3) is 4.64. The Morgan fingerprint density at radius 1 is 1.14 bits per heavy atom. The molecule has 0 fully saturated rings. The van der Waals surface area contributed by atoms with Crippen LogP contribution in [0.3, 0.4) is 0 Å². The molecule has 1 heterocycles. The fourth-order valence-electron chi connectivity index (χ4n) is 2.93. The number of hydrogen-bond acceptors (Lipinski definition) is 3. The van der Waals surface area contributed by atoms with Gasteiger partial charge >= 0.3 is 0 Å². The van der Waals surface area contributed by atoms with Crippen LogP contribution in [0.1, 0.15) is 28.1 Å². The van der Waals surface area contributed by atoms with Gasteiger partial charge in [0, 0.05) is 48.9 Å². The van der Waals surface area contributed by atoms with Gasteiger partial charge in [0.05, 0.1) is 0 Å². The Hall–Kier alpha value is -2.14. The van der Waals surface area contributed by atoms with Gasteiger partial charge in [0.25, 0.3) is 0 Å². The van der Waals surface area contributed by atoms with Crippen molar-refractivity contribution in [1.29, 1.82) is 0 Å². The van der Waals surface area contributed by atoms with Gasteiger partial charge in [-0.1, -0.05) is 29.3 Å². The molecule has 2 aromatic carbocycles. The van der Waals surface area contributed by atoms with Crippen molar-refractivity contribution in [2.24, 2.45) is 0 Å². The number of rotatable bonds is 6. The highest BCUT2D eigenvalue weighted by molar-refractivity contribution is 7.98. The summed E-state index contributed by atoms with van der Waals surface area (Å²) in [6.45, 7) is 3.98. The van der Waals surface area contributed by atoms with Crippen LogP contribution in [0.25, 0.3) is 11.6 Å². The van der Waals surface area contributed by atoms with Gasteiger partial charge in [-0.2, -0.15) is 0 Å². The molecule has 0 bridgehead atoms. The molecule has 0 saturated carbocycles. The number of aryl methyl sites for hydroxylation is 2. The van der Waals surface area contributed by atoms with Crippen LogP contribution in [0.4, 0.5) is 5.69 Å². The predicted octanol–water partition coefficient (Wildman–Crippen LogP) is 6.55. The van der Waals surface area contributed by atoms with Crippen molar-refractivity contribution in [2.45, 2.75) is 24.5 Å². The first-order chi connectivity index (χ1) is 13.4. The number of anilines is 1. The summed E-state index contributed by atoms with van der Waals surface area (Å²) in [4.78, 5) is 16.0. The van der Waals surface area contributed by atoms with Crippen LogP contribution in [-0.2, 0) is 10.5 Å². The number of carbonyl (C=O) groups excluding carboxylic acids is 1. The molecule has 1 aromatic heterocycles. The van der Waals surface area contributed by atoms with E-state index in [2.05, 4.69) is 4.98 Å². The summed E-state index contributed by atoms with van der Waals surface area (Å²) in [7, 11) is 0. The molecule has 3 aromatic rings. The maximum Gasteiger partial charge on any atom is 0.150 e. The SMILES string of the molecule is Cc1cc(C)c(/C=C(\C=O)c2cc(SCc3c(Cl)cccc3Cl)ccc2N)[nH]1. The van der Waals surface area contributed by atoms with Gasteiger partial charge in [0.15, 0.2) is 6.29 Å². The molecule has 0 aliphatic heterocycles. The Balaban J connectivity index is 1.90. The molecule has 0 amide bonds. The number of nitrogens with two attached hydrogens (primary N) is 1. The van der Waals surface area contributed by atoms with Crippen LogP contribution < -0.4 is 5.73 Å². The van der Waals surface area contributed by atoms with Gasteiger partial charge in [0.2, 0.25) is 0 Å². The summed E-state index contributed by atoms with van der Waals surface area (Å²) in [5.41, 5.74) is 11.9. The lowest BCUT2D eigenvalue weighted by atomic mass is 10.0. The molecular formula is C22H20Cl2N2OS. The lowest BCUT2D eigenvalue weighted by molar-refractivity contribution is -0.103. The zero-order valence-corrected chi connectivity index (χ0v) is 17.9. The molecule has 144 valence electrons. The Morgan fingerprint density at radius 3 is 2.46 bits per heavy atom. The van der Waals surface area contributed by atoms with Crippen molar-refractivity contribution in [3.8, 4) is 0 Å². The Labute approximate surface area is 178 Å². The molecule has 6 heteroatoms. The van der Waals surface area contributed by atoms with E-state index in [1.165, 1.54) is 0 Å². The van der Waals surface area contributed by atoms with Gasteiger partial charge < -0.3 is 10.7 Å². The summed E-state index contributed by atoms with van der Waals surface area (Å²) in [6.07, 6.45) is 2.67. The predicted molar refractivity (Wildman–Crippen MR) is 121 cm³/mol. The first-order valence-electron chi connectivity index (χ1n) is 8.67. The summed E-state index contributed by atoms with van der Waals surface area (Å²) >= 11 is 14.1. The molecule has 0 saturated heterocycles. The first-order valence-corrected chi connectivity index (χ1v) is 10.4. The number of nitrogen functional groups attached to an aromatic ring is 1. The molecule has 28 heavy (non-hydrogen) atoms. The fraction of sp³-hybridized carbons (Fsp3) is 0.136. The van der Waals surface area contributed by atoms with Gasteiger partial charge in [-0.15, -0.1) is 11.8 Å². The van der Waals surface area contributed by atoms with E-state index in [0.717, 1.165) is 33.7 Å². The van der Waals surface area contributed by atoms with E-state index in [1.807, 2.05) is 62.4 Å². The fourth-order valence-corrected chi connectivity index (χ4v) is 4.61. The molecule has 0 unspecified atom stereocenters. The van der Waals surface area contributed by atoms with Crippen molar-refractivity contribution in [2.75, 3.05) is 5.73 Å². The van der Waals surface area contributed by atoms with Crippen molar-refractivity contribution < 1.29 is 4.79 Å². The number of carbonyl (C=O) groups is 1. The standard InChI is InChI=1S/C22H20Cl2N2OS/c1-13-8-14(2)26-22(13)9-15(11-27)17-10-16(6-7-21(17)25)28-12-18-19(23)4-3-5-20(18)24/h3-11,26H,12,25H2,1-2H3/b15-9+. The van der Waals surface area contributed by atoms with E-state index in [4.69, 9.17) is 28.9 Å². The minimum Gasteiger partial charge on any atom is -0.398 e. The van der Waals surface area contributed by atoms with E-state index < -0.39 is 0 Å². The van der Waals surface area contributed by atoms with Gasteiger partial charge in [-0.25, -0.2) is 0 Å². The number of halogens is 2. The van der Waals surface area contributed by atoms with E-state index in [0.29, 0.717) is 32.6 Å². The molecular weight excluding hydrogens is 411 g/mol. The second kappa shape index (κ2) is 8.91. The second-order valence-corrected chi connectivity index (χ2v) is 8.37. The molecule has 3 nitrogen and oxygen atoms in total. The minimum absolute atomic E-state index is 0.528. The highest BCUT2D eigenvalue weighted by Gasteiger charge is 2.11. The highest BCUT2D eigenvalue weighted by atomic mass is 35.5. The van der Waals surface area contributed by atoms with E-state index >= 15 is 0 Å². The Morgan fingerprint density at radius 2 is 1.86 bits per heavy atom. The van der Waals surface area contributed by atoms with Gasteiger partial charge in [-0.05, 0) is 67.4 Å². The van der Waals surface area contributed by atoms with Crippen LogP contribution in [0.15, 0.2) is 47.4 Å². The average molecular weight is 431 g/mol. The van der Waals surface area contributed by atoms with Crippen molar-refractivity contribution >= 4 is 58.6 Å². The summed E-state index contributed by atoms with van der Waals surface area (Å²) in [5.74, 6) is 0.622. The zero-order chi connectivity index (χ0) is 20.3. The lowest BCUT2D eigenvalue weighted by Gasteiger charge is -2.10. The highest BCUT2D eigenvalue weighted by Crippen LogP contribution is 2.34. The average Bonchev–Trinajstić information content (AvgIpc) is 2.97. The number of benzene rings is 2. The van der Waals surface area contributed by atoms with Crippen molar-refractivity contribution in [1.82, 2.24) is 4.98 Å². The van der Waals surface area contributed by atoms with Crippen LogP contribution in [0, 0.1) is 13.8 Å². The quantitative estimate of drug-likeness (QED) is 0.201. The van der Waals surface area contributed by atoms with E-state index in [1.54, 1.807) is 11.8 Å². The third-order valence-corrected chi connectivity index (χ3v) is 6.13. The molecule has 3 N–H and O–H groups in total. The molecule has 0 spiro atoms. The lowest BCUT2D eigenvalue weighted by Crippen LogP contribution is -1.96. The maximum absolute atomic E-state index is 11.8. The van der Waals surface area contributed by atoms with Crippen molar-refractivity contribution in [3.63, 3.8) is 0 Å². The molecule has 0 aliphatic rings. The number of aromatic nitrogens is 1. The number of aromatic amines is 1. The Kier molecular flexibility index (Phi) is 6.55. The molecule has 0 aliphatic carbocycles. The number of aldehydes is 1. The number of nitrogens with one attached hydrogen (secondary N) is 1. The normalized spacial score (nSPS) is 11.6. The second-order valence-electron chi connectivity index (χ2n) is 6.50.